The van der Waals surface area contributed by atoms with Gasteiger partial charge in [-0.15, -0.1) is 11.3 Å². The first kappa shape index (κ1) is 22.7. The first-order valence-electron chi connectivity index (χ1n) is 11.4. The molecule has 0 spiro atoms. The highest BCUT2D eigenvalue weighted by molar-refractivity contribution is 7.80. The fourth-order valence-electron chi connectivity index (χ4n) is 4.38. The molecule has 2 heterocycles. The number of amides is 2. The number of nitrogens with zero attached hydrogens (tertiary/aromatic N) is 2. The maximum Gasteiger partial charge on any atom is 0.254 e. The minimum atomic E-state index is -0.0920. The van der Waals surface area contributed by atoms with Crippen molar-refractivity contribution in [1.82, 2.24) is 15.1 Å². The summed E-state index contributed by atoms with van der Waals surface area (Å²) in [6.07, 6.45) is 6.51. The fraction of sp³-hybridized carbons (Fsp3) is 0.545. The predicted molar refractivity (Wildman–Crippen MR) is 136 cm³/mol. The summed E-state index contributed by atoms with van der Waals surface area (Å²) in [5.74, 6) is 6.31. The van der Waals surface area contributed by atoms with E-state index in [2.05, 4.69) is 20.4 Å². The van der Waals surface area contributed by atoms with E-state index >= 15 is 0 Å². The van der Waals surface area contributed by atoms with E-state index in [1.54, 1.807) is 11.3 Å². The van der Waals surface area contributed by atoms with Crippen molar-refractivity contribution in [1.29, 1.82) is 0 Å². The van der Waals surface area contributed by atoms with Gasteiger partial charge in [0, 0.05) is 28.8 Å². The van der Waals surface area contributed by atoms with Crippen LogP contribution in [0.4, 0.5) is 10.7 Å². The molecule has 0 unspecified atom stereocenters. The van der Waals surface area contributed by atoms with Crippen LogP contribution < -0.4 is 26.8 Å². The van der Waals surface area contributed by atoms with Crippen LogP contribution in [-0.4, -0.2) is 33.9 Å². The Kier molecular flexibility index (Phi) is 6.39. The number of hydrogen-bond acceptors (Lipinski definition) is 7. The number of rotatable bonds is 7. The van der Waals surface area contributed by atoms with Gasteiger partial charge in [0.15, 0.2) is 5.11 Å². The molecule has 176 valence electrons. The molecule has 11 heteroatoms. The molecule has 0 aliphatic heterocycles. The largest absolute Gasteiger partial charge is 0.352 e. The van der Waals surface area contributed by atoms with E-state index in [0.717, 1.165) is 42.6 Å². The van der Waals surface area contributed by atoms with Crippen LogP contribution in [-0.2, 0) is 17.6 Å². The summed E-state index contributed by atoms with van der Waals surface area (Å²) in [6.45, 7) is 2.65. The van der Waals surface area contributed by atoms with Crippen LogP contribution in [0.2, 0.25) is 0 Å². The highest BCUT2D eigenvalue weighted by atomic mass is 32.1. The van der Waals surface area contributed by atoms with Crippen molar-refractivity contribution < 1.29 is 9.59 Å². The summed E-state index contributed by atoms with van der Waals surface area (Å²) in [5, 5.41) is 9.27. The van der Waals surface area contributed by atoms with Crippen molar-refractivity contribution in [2.24, 2.45) is 17.7 Å². The Morgan fingerprint density at radius 3 is 2.70 bits per heavy atom. The minimum Gasteiger partial charge on any atom is -0.352 e. The third-order valence-electron chi connectivity index (χ3n) is 6.59. The van der Waals surface area contributed by atoms with E-state index in [1.807, 2.05) is 17.2 Å². The Morgan fingerprint density at radius 1 is 1.27 bits per heavy atom. The lowest BCUT2D eigenvalue weighted by atomic mass is 9.90. The molecule has 2 aromatic heterocycles. The summed E-state index contributed by atoms with van der Waals surface area (Å²) in [4.78, 5) is 29.1. The SMILES string of the molecule is Cc1nscc1N(C(=S)NN)[C@H]1CCc2sc(NC(=O)C3CC3)c(C(=O)NCC3CC3)c2C1. The lowest BCUT2D eigenvalue weighted by Crippen LogP contribution is -2.50. The van der Waals surface area contributed by atoms with Gasteiger partial charge in [0.1, 0.15) is 5.00 Å². The van der Waals surface area contributed by atoms with Crippen molar-refractivity contribution >= 4 is 62.7 Å². The third-order valence-corrected chi connectivity index (χ3v) is 8.82. The zero-order valence-electron chi connectivity index (χ0n) is 18.5. The van der Waals surface area contributed by atoms with Crippen molar-refractivity contribution in [3.05, 3.63) is 27.1 Å². The molecule has 33 heavy (non-hydrogen) atoms. The summed E-state index contributed by atoms with van der Waals surface area (Å²) in [6, 6.07) is 0.0349. The standard InChI is InChI=1S/C22H28N6O2S3/c1-11-16(10-32-27-11)28(22(31)26-23)14-6-7-17-15(8-14)18(20(30)24-9-12-2-3-12)21(33-17)25-19(29)13-4-5-13/h10,12-14H,2-9,23H2,1H3,(H,24,30)(H,25,29)(H,26,31)/t14-/m0/s1. The highest BCUT2D eigenvalue weighted by Gasteiger charge is 2.36. The van der Waals surface area contributed by atoms with E-state index in [4.69, 9.17) is 18.1 Å². The van der Waals surface area contributed by atoms with Crippen LogP contribution in [0.1, 0.15) is 58.6 Å². The Hall–Kier alpha value is -2.08. The number of anilines is 2. The summed E-state index contributed by atoms with van der Waals surface area (Å²) in [5.41, 5.74) is 6.11. The number of aromatic nitrogens is 1. The third kappa shape index (κ3) is 4.77. The van der Waals surface area contributed by atoms with Gasteiger partial charge in [-0.3, -0.25) is 9.59 Å². The molecule has 2 saturated carbocycles. The molecule has 5 N–H and O–H groups in total. The topological polar surface area (TPSA) is 112 Å². The van der Waals surface area contributed by atoms with Gasteiger partial charge in [0.05, 0.1) is 16.9 Å². The average molecular weight is 505 g/mol. The molecule has 5 rings (SSSR count). The monoisotopic (exact) mass is 504 g/mol. The number of fused-ring (bicyclic) bond motifs is 1. The van der Waals surface area contributed by atoms with Gasteiger partial charge in [-0.1, -0.05) is 0 Å². The second kappa shape index (κ2) is 9.28. The number of hydrogen-bond donors (Lipinski definition) is 4. The number of thiophene rings is 1. The van der Waals surface area contributed by atoms with Gasteiger partial charge < -0.3 is 21.0 Å². The van der Waals surface area contributed by atoms with E-state index in [0.29, 0.717) is 34.6 Å². The van der Waals surface area contributed by atoms with Crippen LogP contribution in [0, 0.1) is 18.8 Å². The number of hydrazine groups is 1. The molecule has 1 atom stereocenters. The number of carbonyl (C=O) groups is 2. The summed E-state index contributed by atoms with van der Waals surface area (Å²) in [7, 11) is 0. The van der Waals surface area contributed by atoms with Gasteiger partial charge in [0.25, 0.3) is 5.91 Å². The molecule has 2 amide bonds. The molecular weight excluding hydrogens is 476 g/mol. The zero-order chi connectivity index (χ0) is 23.1. The molecule has 0 bridgehead atoms. The molecular formula is C22H28N6O2S3. The van der Waals surface area contributed by atoms with Crippen LogP contribution in [0.15, 0.2) is 5.38 Å². The molecule has 8 nitrogen and oxygen atoms in total. The first-order chi connectivity index (χ1) is 16.0. The van der Waals surface area contributed by atoms with Gasteiger partial charge in [-0.05, 0) is 87.1 Å². The Morgan fingerprint density at radius 2 is 2.06 bits per heavy atom. The fourth-order valence-corrected chi connectivity index (χ4v) is 6.56. The van der Waals surface area contributed by atoms with E-state index < -0.39 is 0 Å². The maximum atomic E-state index is 13.3. The molecule has 0 aromatic carbocycles. The van der Waals surface area contributed by atoms with Crippen molar-refractivity contribution in [3.63, 3.8) is 0 Å². The molecule has 3 aliphatic rings. The second-order valence-electron chi connectivity index (χ2n) is 9.13. The van der Waals surface area contributed by atoms with E-state index in [9.17, 15) is 9.59 Å². The molecule has 0 radical (unpaired) electrons. The molecule has 2 aromatic rings. The number of thiocarbonyl (C=S) groups is 1. The summed E-state index contributed by atoms with van der Waals surface area (Å²) >= 11 is 8.49. The Labute approximate surface area is 206 Å². The van der Waals surface area contributed by atoms with Gasteiger partial charge in [-0.25, -0.2) is 5.84 Å². The number of nitrogens with two attached hydrogens (primary N) is 1. The number of carbonyl (C=O) groups excluding carboxylic acids is 2. The van der Waals surface area contributed by atoms with Crippen molar-refractivity contribution in [2.75, 3.05) is 16.8 Å². The predicted octanol–water partition coefficient (Wildman–Crippen LogP) is 3.11. The van der Waals surface area contributed by atoms with E-state index in [-0.39, 0.29) is 23.8 Å². The molecule has 0 saturated heterocycles. The zero-order valence-corrected chi connectivity index (χ0v) is 20.9. The highest BCUT2D eigenvalue weighted by Crippen LogP contribution is 2.41. The van der Waals surface area contributed by atoms with Crippen LogP contribution in [0.5, 0.6) is 0 Å². The maximum absolute atomic E-state index is 13.3. The van der Waals surface area contributed by atoms with Crippen LogP contribution in [0.25, 0.3) is 0 Å². The second-order valence-corrected chi connectivity index (χ2v) is 11.2. The molecule has 3 aliphatic carbocycles. The lowest BCUT2D eigenvalue weighted by molar-refractivity contribution is -0.117. The minimum absolute atomic E-state index is 0.0245. The first-order valence-corrected chi connectivity index (χ1v) is 13.5. The molecule has 2 fully saturated rings. The normalized spacial score (nSPS) is 19.5. The van der Waals surface area contributed by atoms with Crippen molar-refractivity contribution in [2.45, 2.75) is 57.9 Å². The Balaban J connectivity index is 1.46. The number of aryl methyl sites for hydroxylation is 2. The van der Waals surface area contributed by atoms with Gasteiger partial charge >= 0.3 is 0 Å². The van der Waals surface area contributed by atoms with Crippen molar-refractivity contribution in [3.8, 4) is 0 Å². The Bertz CT molecular complexity index is 1090. The quantitative estimate of drug-likeness (QED) is 0.260. The summed E-state index contributed by atoms with van der Waals surface area (Å²) < 4.78 is 4.41. The van der Waals surface area contributed by atoms with E-state index in [1.165, 1.54) is 29.3 Å². The lowest BCUT2D eigenvalue weighted by Gasteiger charge is -2.35. The average Bonchev–Trinajstić information content (AvgIpc) is 3.73. The smallest absolute Gasteiger partial charge is 0.254 e. The number of nitrogens with one attached hydrogen (secondary N) is 3. The van der Waals surface area contributed by atoms with Gasteiger partial charge in [-0.2, -0.15) is 4.37 Å². The van der Waals surface area contributed by atoms with Crippen LogP contribution in [0.3, 0.4) is 0 Å². The van der Waals surface area contributed by atoms with Crippen LogP contribution >= 0.6 is 35.1 Å². The van der Waals surface area contributed by atoms with Gasteiger partial charge in [0.2, 0.25) is 5.91 Å².